The first kappa shape index (κ1) is 10.2. The van der Waals surface area contributed by atoms with Crippen LogP contribution in [0.1, 0.15) is 12.8 Å². The summed E-state index contributed by atoms with van der Waals surface area (Å²) in [4.78, 5) is 2.13. The number of hydrogen-bond acceptors (Lipinski definition) is 3. The number of anilines is 1. The van der Waals surface area contributed by atoms with Crippen LogP contribution in [-0.2, 0) is 0 Å². The monoisotopic (exact) mass is 226 g/mol. The second-order valence-corrected chi connectivity index (χ2v) is 4.87. The van der Waals surface area contributed by atoms with E-state index in [0.717, 1.165) is 36.0 Å². The third kappa shape index (κ3) is 1.66. The maximum absolute atomic E-state index is 9.12. The van der Waals surface area contributed by atoms with Gasteiger partial charge in [0.15, 0.2) is 0 Å². The second kappa shape index (κ2) is 3.53. The average molecular weight is 226 g/mol. The fourth-order valence-corrected chi connectivity index (χ4v) is 2.25. The van der Waals surface area contributed by atoms with Crippen molar-refractivity contribution in [2.75, 3.05) is 18.5 Å². The van der Waals surface area contributed by atoms with Gasteiger partial charge in [0.1, 0.15) is 11.8 Å². The molecule has 0 amide bonds. The smallest absolute Gasteiger partial charge is 0.136 e. The van der Waals surface area contributed by atoms with Crippen molar-refractivity contribution in [1.82, 2.24) is 0 Å². The summed E-state index contributed by atoms with van der Waals surface area (Å²) in [5.41, 5.74) is 1.85. The average Bonchev–Trinajstić information content (AvgIpc) is 2.99. The largest absolute Gasteiger partial charge is 0.462 e. The molecule has 1 aliphatic rings. The molecule has 3 heteroatoms. The van der Waals surface area contributed by atoms with Gasteiger partial charge in [-0.1, -0.05) is 12.1 Å². The topological polar surface area (TPSA) is 40.2 Å². The number of hydrogen-bond donors (Lipinski definition) is 0. The number of fused-ring (bicyclic) bond motifs is 1. The Bertz CT molecular complexity index is 590. The van der Waals surface area contributed by atoms with Crippen LogP contribution in [0, 0.1) is 16.7 Å². The van der Waals surface area contributed by atoms with E-state index in [1.807, 2.05) is 25.2 Å². The molecule has 0 atom stereocenters. The van der Waals surface area contributed by atoms with Crippen LogP contribution in [0.15, 0.2) is 34.9 Å². The van der Waals surface area contributed by atoms with E-state index in [1.54, 1.807) is 6.26 Å². The normalized spacial score (nSPS) is 16.7. The lowest BCUT2D eigenvalue weighted by Crippen LogP contribution is -2.25. The van der Waals surface area contributed by atoms with Crippen molar-refractivity contribution in [3.05, 3.63) is 30.5 Å². The van der Waals surface area contributed by atoms with Crippen LogP contribution in [0.5, 0.6) is 0 Å². The predicted molar refractivity (Wildman–Crippen MR) is 66.8 cm³/mol. The quantitative estimate of drug-likeness (QED) is 0.807. The zero-order chi connectivity index (χ0) is 11.9. The molecule has 0 aliphatic heterocycles. The first-order valence-corrected chi connectivity index (χ1v) is 5.83. The summed E-state index contributed by atoms with van der Waals surface area (Å²) in [5, 5.41) is 10.2. The van der Waals surface area contributed by atoms with Crippen molar-refractivity contribution in [2.45, 2.75) is 12.8 Å². The number of benzene rings is 1. The van der Waals surface area contributed by atoms with Crippen molar-refractivity contribution in [3.63, 3.8) is 0 Å². The summed E-state index contributed by atoms with van der Waals surface area (Å²) in [6, 6.07) is 10.4. The highest BCUT2D eigenvalue weighted by atomic mass is 16.3. The molecule has 0 radical (unpaired) electrons. The van der Waals surface area contributed by atoms with Gasteiger partial charge in [-0.05, 0) is 25.0 Å². The number of rotatable bonds is 3. The third-order valence-corrected chi connectivity index (χ3v) is 3.50. The lowest BCUT2D eigenvalue weighted by atomic mass is 10.1. The molecule has 0 saturated heterocycles. The van der Waals surface area contributed by atoms with E-state index in [-0.39, 0.29) is 5.41 Å². The van der Waals surface area contributed by atoms with Crippen molar-refractivity contribution in [1.29, 1.82) is 5.26 Å². The van der Waals surface area contributed by atoms with E-state index < -0.39 is 0 Å². The van der Waals surface area contributed by atoms with Gasteiger partial charge in [-0.3, -0.25) is 0 Å². The molecule has 1 aromatic heterocycles. The molecule has 0 bridgehead atoms. The van der Waals surface area contributed by atoms with Gasteiger partial charge in [-0.2, -0.15) is 5.26 Å². The van der Waals surface area contributed by atoms with Crippen LogP contribution in [0.2, 0.25) is 0 Å². The van der Waals surface area contributed by atoms with Crippen LogP contribution in [0.25, 0.3) is 11.0 Å². The molecule has 1 fully saturated rings. The second-order valence-electron chi connectivity index (χ2n) is 4.87. The molecule has 1 aliphatic carbocycles. The highest BCUT2D eigenvalue weighted by molar-refractivity contribution is 5.90. The zero-order valence-electron chi connectivity index (χ0n) is 9.81. The van der Waals surface area contributed by atoms with Crippen molar-refractivity contribution in [3.8, 4) is 6.07 Å². The lowest BCUT2D eigenvalue weighted by molar-refractivity contribution is 0.607. The minimum absolute atomic E-state index is 0.118. The van der Waals surface area contributed by atoms with Gasteiger partial charge in [0.05, 0.1) is 17.2 Å². The van der Waals surface area contributed by atoms with Crippen molar-refractivity contribution < 1.29 is 4.42 Å². The highest BCUT2D eigenvalue weighted by Gasteiger charge is 2.44. The molecule has 0 unspecified atom stereocenters. The van der Waals surface area contributed by atoms with Gasteiger partial charge in [-0.25, -0.2) is 0 Å². The summed E-state index contributed by atoms with van der Waals surface area (Å²) in [5.74, 6) is 0. The number of nitriles is 1. The molecular weight excluding hydrogens is 212 g/mol. The van der Waals surface area contributed by atoms with E-state index in [1.165, 1.54) is 0 Å². The van der Waals surface area contributed by atoms with Crippen LogP contribution in [-0.4, -0.2) is 13.6 Å². The summed E-state index contributed by atoms with van der Waals surface area (Å²) >= 11 is 0. The Morgan fingerprint density at radius 3 is 2.88 bits per heavy atom. The van der Waals surface area contributed by atoms with E-state index in [2.05, 4.69) is 17.0 Å². The Morgan fingerprint density at radius 2 is 2.18 bits per heavy atom. The van der Waals surface area contributed by atoms with Gasteiger partial charge >= 0.3 is 0 Å². The first-order chi connectivity index (χ1) is 8.24. The molecular formula is C14H14N2O. The molecule has 1 heterocycles. The Morgan fingerprint density at radius 1 is 1.41 bits per heavy atom. The van der Waals surface area contributed by atoms with E-state index in [0.29, 0.717) is 0 Å². The minimum Gasteiger partial charge on any atom is -0.462 e. The standard InChI is InChI=1S/C14H14N2O/c1-16(10-14(9-15)6-7-14)12-8-17-13-5-3-2-4-11(12)13/h2-5,8H,6-7,10H2,1H3. The van der Waals surface area contributed by atoms with Crippen LogP contribution >= 0.6 is 0 Å². The van der Waals surface area contributed by atoms with Crippen molar-refractivity contribution in [2.24, 2.45) is 5.41 Å². The fourth-order valence-electron chi connectivity index (χ4n) is 2.25. The molecule has 3 rings (SSSR count). The predicted octanol–water partition coefficient (Wildman–Crippen LogP) is 3.17. The highest BCUT2D eigenvalue weighted by Crippen LogP contribution is 2.46. The number of nitrogens with zero attached hydrogens (tertiary/aromatic N) is 2. The van der Waals surface area contributed by atoms with Crippen LogP contribution in [0.3, 0.4) is 0 Å². The van der Waals surface area contributed by atoms with Crippen LogP contribution in [0.4, 0.5) is 5.69 Å². The summed E-state index contributed by atoms with van der Waals surface area (Å²) in [7, 11) is 2.02. The summed E-state index contributed by atoms with van der Waals surface area (Å²) in [6.45, 7) is 0.785. The number of furan rings is 1. The van der Waals surface area contributed by atoms with Gasteiger partial charge in [0.25, 0.3) is 0 Å². The van der Waals surface area contributed by atoms with Crippen LogP contribution < -0.4 is 4.90 Å². The molecule has 1 saturated carbocycles. The van der Waals surface area contributed by atoms with E-state index >= 15 is 0 Å². The summed E-state index contributed by atoms with van der Waals surface area (Å²) in [6.07, 6.45) is 3.81. The maximum atomic E-state index is 9.12. The fraction of sp³-hybridized carbons (Fsp3) is 0.357. The first-order valence-electron chi connectivity index (χ1n) is 5.83. The van der Waals surface area contributed by atoms with E-state index in [4.69, 9.17) is 9.68 Å². The molecule has 0 N–H and O–H groups in total. The van der Waals surface area contributed by atoms with E-state index in [9.17, 15) is 0 Å². The lowest BCUT2D eigenvalue weighted by Gasteiger charge is -2.20. The van der Waals surface area contributed by atoms with Gasteiger partial charge in [-0.15, -0.1) is 0 Å². The maximum Gasteiger partial charge on any atom is 0.136 e. The Hall–Kier alpha value is -1.95. The van der Waals surface area contributed by atoms with Crippen molar-refractivity contribution >= 4 is 16.7 Å². The molecule has 2 aromatic rings. The molecule has 17 heavy (non-hydrogen) atoms. The molecule has 0 spiro atoms. The zero-order valence-corrected chi connectivity index (χ0v) is 9.81. The molecule has 1 aromatic carbocycles. The van der Waals surface area contributed by atoms with Gasteiger partial charge < -0.3 is 9.32 Å². The van der Waals surface area contributed by atoms with Gasteiger partial charge in [0.2, 0.25) is 0 Å². The molecule has 86 valence electrons. The minimum atomic E-state index is -0.118. The number of para-hydroxylation sites is 1. The van der Waals surface area contributed by atoms with Gasteiger partial charge in [0, 0.05) is 19.0 Å². The third-order valence-electron chi connectivity index (χ3n) is 3.50. The summed E-state index contributed by atoms with van der Waals surface area (Å²) < 4.78 is 5.51. The Balaban J connectivity index is 1.91. The Labute approximate surface area is 100 Å². The SMILES string of the molecule is CN(CC1(C#N)CC1)c1coc2ccccc12. The molecule has 3 nitrogen and oxygen atoms in total. The Kier molecular flexibility index (Phi) is 2.12.